The molecule has 0 unspecified atom stereocenters. The SMILES string of the molecule is CCS(=O)(=O)c1cccc2cccc(S(=O)(=O)CC)c12. The smallest absolute Gasteiger partial charge is 0.178 e. The number of benzene rings is 2. The summed E-state index contributed by atoms with van der Waals surface area (Å²) in [4.78, 5) is 0.176. The molecule has 0 atom stereocenters. The fourth-order valence-electron chi connectivity index (χ4n) is 2.10. The van der Waals surface area contributed by atoms with Crippen LogP contribution in [0.15, 0.2) is 46.2 Å². The van der Waals surface area contributed by atoms with Crippen LogP contribution < -0.4 is 0 Å². The van der Waals surface area contributed by atoms with Gasteiger partial charge in [-0.1, -0.05) is 38.1 Å². The second-order valence-corrected chi connectivity index (χ2v) is 8.91. The van der Waals surface area contributed by atoms with Crippen molar-refractivity contribution >= 4 is 30.4 Å². The van der Waals surface area contributed by atoms with Gasteiger partial charge in [-0.25, -0.2) is 16.8 Å². The maximum absolute atomic E-state index is 12.2. The second kappa shape index (κ2) is 5.18. The molecular formula is C14H16O4S2. The Hall–Kier alpha value is -1.40. The molecule has 0 saturated heterocycles. The first kappa shape index (κ1) is 15.0. The minimum Gasteiger partial charge on any atom is -0.224 e. The van der Waals surface area contributed by atoms with Gasteiger partial charge >= 0.3 is 0 Å². The molecule has 4 nitrogen and oxygen atoms in total. The summed E-state index contributed by atoms with van der Waals surface area (Å²) in [5.41, 5.74) is 0. The highest BCUT2D eigenvalue weighted by Gasteiger charge is 2.22. The standard InChI is InChI=1S/C14H16O4S2/c1-3-19(15,16)12-9-5-7-11-8-6-10-13(14(11)12)20(17,18)4-2/h5-10H,3-4H2,1-2H3. The van der Waals surface area contributed by atoms with Gasteiger partial charge in [-0.3, -0.25) is 0 Å². The summed E-state index contributed by atoms with van der Waals surface area (Å²) in [6.45, 7) is 3.09. The van der Waals surface area contributed by atoms with Gasteiger partial charge in [-0.15, -0.1) is 0 Å². The van der Waals surface area contributed by atoms with Crippen LogP contribution in [0, 0.1) is 0 Å². The van der Waals surface area contributed by atoms with Gasteiger partial charge in [0.05, 0.1) is 21.3 Å². The normalized spacial score (nSPS) is 12.7. The Kier molecular flexibility index (Phi) is 3.88. The Balaban J connectivity index is 3.00. The van der Waals surface area contributed by atoms with E-state index in [9.17, 15) is 16.8 Å². The fourth-order valence-corrected chi connectivity index (χ4v) is 4.44. The Morgan fingerprint density at radius 1 is 0.750 bits per heavy atom. The van der Waals surface area contributed by atoms with E-state index in [1.807, 2.05) is 0 Å². The van der Waals surface area contributed by atoms with Gasteiger partial charge in [0.15, 0.2) is 19.7 Å². The van der Waals surface area contributed by atoms with Crippen LogP contribution in [0.1, 0.15) is 13.8 Å². The highest BCUT2D eigenvalue weighted by atomic mass is 32.2. The third-order valence-electron chi connectivity index (χ3n) is 3.26. The molecule has 0 aromatic heterocycles. The molecule has 0 N–H and O–H groups in total. The molecule has 0 saturated carbocycles. The predicted molar refractivity (Wildman–Crippen MR) is 79.4 cm³/mol. The Bertz CT molecular complexity index is 781. The van der Waals surface area contributed by atoms with E-state index in [0.29, 0.717) is 10.8 Å². The van der Waals surface area contributed by atoms with Gasteiger partial charge in [0.25, 0.3) is 0 Å². The molecule has 0 aliphatic carbocycles. The number of hydrogen-bond acceptors (Lipinski definition) is 4. The summed E-state index contributed by atoms with van der Waals surface area (Å²) in [6.07, 6.45) is 0. The lowest BCUT2D eigenvalue weighted by Gasteiger charge is -2.11. The molecule has 2 aromatic rings. The minimum absolute atomic E-state index is 0.0629. The quantitative estimate of drug-likeness (QED) is 0.869. The number of rotatable bonds is 4. The van der Waals surface area contributed by atoms with Crippen LogP contribution in [0.5, 0.6) is 0 Å². The highest BCUT2D eigenvalue weighted by Crippen LogP contribution is 2.30. The van der Waals surface area contributed by atoms with E-state index in [-0.39, 0.29) is 21.3 Å². The van der Waals surface area contributed by atoms with Crippen LogP contribution in [0.2, 0.25) is 0 Å². The summed E-state index contributed by atoms with van der Waals surface area (Å²) >= 11 is 0. The third-order valence-corrected chi connectivity index (χ3v) is 6.80. The average Bonchev–Trinajstić information content (AvgIpc) is 2.45. The second-order valence-electron chi connectivity index (χ2n) is 4.42. The molecule has 2 rings (SSSR count). The highest BCUT2D eigenvalue weighted by molar-refractivity contribution is 7.92. The summed E-state index contributed by atoms with van der Waals surface area (Å²) in [5.74, 6) is -0.126. The van der Waals surface area contributed by atoms with Gasteiger partial charge in [-0.05, 0) is 17.5 Å². The summed E-state index contributed by atoms with van der Waals surface area (Å²) in [7, 11) is -6.96. The zero-order valence-corrected chi connectivity index (χ0v) is 13.0. The molecule has 6 heteroatoms. The summed E-state index contributed by atoms with van der Waals surface area (Å²) in [5, 5.41) is 0.924. The Morgan fingerprint density at radius 3 is 1.50 bits per heavy atom. The van der Waals surface area contributed by atoms with Crippen molar-refractivity contribution in [3.05, 3.63) is 36.4 Å². The number of sulfone groups is 2. The molecule has 2 aromatic carbocycles. The molecule has 0 spiro atoms. The molecule has 0 aliphatic rings. The molecular weight excluding hydrogens is 296 g/mol. The van der Waals surface area contributed by atoms with Crippen LogP contribution >= 0.6 is 0 Å². The van der Waals surface area contributed by atoms with E-state index in [0.717, 1.165) is 0 Å². The van der Waals surface area contributed by atoms with Gasteiger partial charge in [0.1, 0.15) is 0 Å². The topological polar surface area (TPSA) is 68.3 Å². The minimum atomic E-state index is -3.48. The summed E-state index contributed by atoms with van der Waals surface area (Å²) < 4.78 is 48.8. The molecule has 0 heterocycles. The van der Waals surface area contributed by atoms with Gasteiger partial charge < -0.3 is 0 Å². The maximum Gasteiger partial charge on any atom is 0.178 e. The maximum atomic E-state index is 12.2. The van der Waals surface area contributed by atoms with Crippen molar-refractivity contribution in [2.75, 3.05) is 11.5 Å². The van der Waals surface area contributed by atoms with E-state index >= 15 is 0 Å². The van der Waals surface area contributed by atoms with Crippen molar-refractivity contribution in [2.45, 2.75) is 23.6 Å². The van der Waals surface area contributed by atoms with Crippen molar-refractivity contribution in [3.8, 4) is 0 Å². The molecule has 0 amide bonds. The van der Waals surface area contributed by atoms with Crippen LogP contribution in [0.3, 0.4) is 0 Å². The van der Waals surface area contributed by atoms with Crippen molar-refractivity contribution < 1.29 is 16.8 Å². The zero-order valence-electron chi connectivity index (χ0n) is 11.3. The zero-order chi connectivity index (χ0) is 15.0. The van der Waals surface area contributed by atoms with Gasteiger partial charge in [0.2, 0.25) is 0 Å². The lowest BCUT2D eigenvalue weighted by molar-refractivity contribution is 0.597. The third kappa shape index (κ3) is 2.45. The van der Waals surface area contributed by atoms with Crippen molar-refractivity contribution in [1.82, 2.24) is 0 Å². The largest absolute Gasteiger partial charge is 0.224 e. The first-order valence-corrected chi connectivity index (χ1v) is 9.61. The van der Waals surface area contributed by atoms with E-state index < -0.39 is 19.7 Å². The fraction of sp³-hybridized carbons (Fsp3) is 0.286. The molecule has 108 valence electrons. The van der Waals surface area contributed by atoms with Crippen LogP contribution in [-0.4, -0.2) is 28.3 Å². The molecule has 0 radical (unpaired) electrons. The van der Waals surface area contributed by atoms with Crippen molar-refractivity contribution in [1.29, 1.82) is 0 Å². The monoisotopic (exact) mass is 312 g/mol. The van der Waals surface area contributed by atoms with Crippen LogP contribution in [0.25, 0.3) is 10.8 Å². The molecule has 0 aliphatic heterocycles. The van der Waals surface area contributed by atoms with Gasteiger partial charge in [-0.2, -0.15) is 0 Å². The first-order valence-electron chi connectivity index (χ1n) is 6.30. The number of hydrogen-bond donors (Lipinski definition) is 0. The van der Waals surface area contributed by atoms with Crippen LogP contribution in [0.4, 0.5) is 0 Å². The Labute approximate surface area is 119 Å². The number of fused-ring (bicyclic) bond motifs is 1. The molecule has 0 fully saturated rings. The van der Waals surface area contributed by atoms with E-state index in [1.165, 1.54) is 12.1 Å². The lowest BCUT2D eigenvalue weighted by Crippen LogP contribution is -2.09. The van der Waals surface area contributed by atoms with Gasteiger partial charge in [0, 0.05) is 5.39 Å². The molecule has 20 heavy (non-hydrogen) atoms. The molecule has 0 bridgehead atoms. The van der Waals surface area contributed by atoms with Crippen molar-refractivity contribution in [2.24, 2.45) is 0 Å². The van der Waals surface area contributed by atoms with E-state index in [2.05, 4.69) is 0 Å². The lowest BCUT2D eigenvalue weighted by atomic mass is 10.1. The van der Waals surface area contributed by atoms with E-state index in [1.54, 1.807) is 38.1 Å². The summed E-state index contributed by atoms with van der Waals surface area (Å²) in [6, 6.07) is 9.64. The predicted octanol–water partition coefficient (Wildman–Crippen LogP) is 2.43. The average molecular weight is 312 g/mol. The van der Waals surface area contributed by atoms with Crippen LogP contribution in [-0.2, 0) is 19.7 Å². The first-order chi connectivity index (χ1) is 9.33. The van der Waals surface area contributed by atoms with Crippen molar-refractivity contribution in [3.63, 3.8) is 0 Å². The Morgan fingerprint density at radius 2 is 1.15 bits per heavy atom. The van der Waals surface area contributed by atoms with E-state index in [4.69, 9.17) is 0 Å².